The second-order valence-electron chi connectivity index (χ2n) is 5.78. The maximum Gasteiger partial charge on any atom is 0.208 e. The van der Waals surface area contributed by atoms with Crippen LogP contribution in [0.2, 0.25) is 0 Å². The number of rotatable bonds is 2. The molecule has 2 aliphatic heterocycles. The van der Waals surface area contributed by atoms with Crippen LogP contribution in [0.25, 0.3) is 11.0 Å². The van der Waals surface area contributed by atoms with E-state index in [1.165, 1.54) is 0 Å². The quantitative estimate of drug-likeness (QED) is 0.771. The summed E-state index contributed by atoms with van der Waals surface area (Å²) in [6, 6.07) is 0.305. The summed E-state index contributed by atoms with van der Waals surface area (Å²) in [4.78, 5) is 11.3. The van der Waals surface area contributed by atoms with Crippen molar-refractivity contribution in [1.82, 2.24) is 19.7 Å². The molecule has 0 radical (unpaired) electrons. The Morgan fingerprint density at radius 3 is 2.57 bits per heavy atom. The van der Waals surface area contributed by atoms with Crippen LogP contribution in [0.3, 0.4) is 0 Å². The van der Waals surface area contributed by atoms with Gasteiger partial charge in [0.25, 0.3) is 0 Å². The molecule has 0 N–H and O–H groups in total. The van der Waals surface area contributed by atoms with Gasteiger partial charge in [0.15, 0.2) is 5.65 Å². The molecule has 23 heavy (non-hydrogen) atoms. The highest BCUT2D eigenvalue weighted by Crippen LogP contribution is 2.29. The number of aromatic nitrogens is 4. The Balaban J connectivity index is 1.80. The van der Waals surface area contributed by atoms with Crippen LogP contribution in [0.15, 0.2) is 6.20 Å². The predicted octanol–water partition coefficient (Wildman–Crippen LogP) is 0.996. The summed E-state index contributed by atoms with van der Waals surface area (Å²) in [5.41, 5.74) is 0.821. The molecule has 2 saturated heterocycles. The van der Waals surface area contributed by atoms with Gasteiger partial charge in [0.2, 0.25) is 5.82 Å². The SMILES string of the molecule is C#Cc1nc(N2CCOCC2)c2cnn(C3CCOCC3)c2n1. The van der Waals surface area contributed by atoms with E-state index >= 15 is 0 Å². The lowest BCUT2D eigenvalue weighted by atomic mass is 10.1. The Morgan fingerprint density at radius 2 is 1.83 bits per heavy atom. The number of anilines is 1. The van der Waals surface area contributed by atoms with Gasteiger partial charge in [-0.25, -0.2) is 14.6 Å². The third-order valence-corrected chi connectivity index (χ3v) is 4.41. The summed E-state index contributed by atoms with van der Waals surface area (Å²) in [6.45, 7) is 4.53. The van der Waals surface area contributed by atoms with Gasteiger partial charge in [0.05, 0.1) is 30.8 Å². The molecule has 0 bridgehead atoms. The van der Waals surface area contributed by atoms with Crippen molar-refractivity contribution in [3.05, 3.63) is 12.0 Å². The second kappa shape index (κ2) is 6.14. The van der Waals surface area contributed by atoms with Gasteiger partial charge in [-0.05, 0) is 18.8 Å². The zero-order valence-electron chi connectivity index (χ0n) is 12.9. The number of morpholine rings is 1. The fourth-order valence-electron chi connectivity index (χ4n) is 3.19. The molecular formula is C16H19N5O2. The Hall–Kier alpha value is -2.17. The monoisotopic (exact) mass is 313 g/mol. The Kier molecular flexibility index (Phi) is 3.85. The van der Waals surface area contributed by atoms with E-state index in [0.29, 0.717) is 25.1 Å². The average Bonchev–Trinajstić information content (AvgIpc) is 3.06. The highest BCUT2D eigenvalue weighted by Gasteiger charge is 2.23. The van der Waals surface area contributed by atoms with Crippen LogP contribution >= 0.6 is 0 Å². The van der Waals surface area contributed by atoms with E-state index in [9.17, 15) is 0 Å². The van der Waals surface area contributed by atoms with E-state index in [0.717, 1.165) is 56.0 Å². The van der Waals surface area contributed by atoms with Crippen LogP contribution in [-0.4, -0.2) is 59.3 Å². The van der Waals surface area contributed by atoms with E-state index in [1.807, 2.05) is 10.9 Å². The summed E-state index contributed by atoms with van der Waals surface area (Å²) in [5.74, 6) is 3.85. The fourth-order valence-corrected chi connectivity index (χ4v) is 3.19. The molecule has 2 aromatic rings. The van der Waals surface area contributed by atoms with Gasteiger partial charge in [-0.15, -0.1) is 6.42 Å². The standard InChI is InChI=1S/C16H19N5O2/c1-2-14-18-15(20-5-9-23-10-6-20)13-11-17-21(16(13)19-14)12-3-7-22-8-4-12/h1,11-12H,3-10H2. The van der Waals surface area contributed by atoms with E-state index in [2.05, 4.69) is 25.9 Å². The summed E-state index contributed by atoms with van der Waals surface area (Å²) in [5, 5.41) is 5.54. The zero-order valence-corrected chi connectivity index (χ0v) is 12.9. The molecule has 0 saturated carbocycles. The predicted molar refractivity (Wildman–Crippen MR) is 85.4 cm³/mol. The third kappa shape index (κ3) is 2.64. The van der Waals surface area contributed by atoms with Crippen LogP contribution in [0, 0.1) is 12.3 Å². The number of fused-ring (bicyclic) bond motifs is 1. The van der Waals surface area contributed by atoms with Crippen LogP contribution < -0.4 is 4.90 Å². The van der Waals surface area contributed by atoms with E-state index in [1.54, 1.807) is 0 Å². The number of terminal acetylenes is 1. The molecule has 2 fully saturated rings. The molecule has 0 spiro atoms. The smallest absolute Gasteiger partial charge is 0.208 e. The molecule has 0 amide bonds. The molecule has 2 aromatic heterocycles. The molecule has 0 aliphatic carbocycles. The van der Waals surface area contributed by atoms with Crippen molar-refractivity contribution in [3.8, 4) is 12.3 Å². The first-order chi connectivity index (χ1) is 11.4. The first-order valence-corrected chi connectivity index (χ1v) is 7.99. The van der Waals surface area contributed by atoms with Crippen LogP contribution in [-0.2, 0) is 9.47 Å². The lowest BCUT2D eigenvalue weighted by Crippen LogP contribution is -2.37. The number of hydrogen-bond donors (Lipinski definition) is 0. The molecule has 0 atom stereocenters. The van der Waals surface area contributed by atoms with Gasteiger partial charge < -0.3 is 14.4 Å². The lowest BCUT2D eigenvalue weighted by Gasteiger charge is -2.28. The van der Waals surface area contributed by atoms with Gasteiger partial charge in [-0.3, -0.25) is 0 Å². The van der Waals surface area contributed by atoms with Crippen molar-refractivity contribution in [2.45, 2.75) is 18.9 Å². The van der Waals surface area contributed by atoms with Crippen molar-refractivity contribution >= 4 is 16.9 Å². The molecule has 7 nitrogen and oxygen atoms in total. The highest BCUT2D eigenvalue weighted by molar-refractivity contribution is 5.87. The average molecular weight is 313 g/mol. The molecule has 4 rings (SSSR count). The highest BCUT2D eigenvalue weighted by atomic mass is 16.5. The van der Waals surface area contributed by atoms with Crippen LogP contribution in [0.1, 0.15) is 24.7 Å². The minimum absolute atomic E-state index is 0.305. The first kappa shape index (κ1) is 14.4. The van der Waals surface area contributed by atoms with Crippen molar-refractivity contribution < 1.29 is 9.47 Å². The topological polar surface area (TPSA) is 65.3 Å². The third-order valence-electron chi connectivity index (χ3n) is 4.41. The molecular weight excluding hydrogens is 294 g/mol. The van der Waals surface area contributed by atoms with Crippen LogP contribution in [0.5, 0.6) is 0 Å². The molecule has 2 aliphatic rings. The first-order valence-electron chi connectivity index (χ1n) is 7.99. The molecule has 120 valence electrons. The normalized spacial score (nSPS) is 19.9. The van der Waals surface area contributed by atoms with Gasteiger partial charge >= 0.3 is 0 Å². The summed E-state index contributed by atoms with van der Waals surface area (Å²) in [6.07, 6.45) is 9.31. The van der Waals surface area contributed by atoms with Crippen molar-refractivity contribution in [2.24, 2.45) is 0 Å². The molecule has 7 heteroatoms. The lowest BCUT2D eigenvalue weighted by molar-refractivity contribution is 0.0673. The molecule has 0 aromatic carbocycles. The Bertz CT molecular complexity index is 739. The van der Waals surface area contributed by atoms with E-state index < -0.39 is 0 Å². The van der Waals surface area contributed by atoms with Gasteiger partial charge in [-0.1, -0.05) is 0 Å². The van der Waals surface area contributed by atoms with Crippen molar-refractivity contribution in [2.75, 3.05) is 44.4 Å². The summed E-state index contributed by atoms with van der Waals surface area (Å²) in [7, 11) is 0. The van der Waals surface area contributed by atoms with Gasteiger partial charge in [-0.2, -0.15) is 5.10 Å². The Labute approximate surface area is 134 Å². The maximum atomic E-state index is 5.57. The Morgan fingerprint density at radius 1 is 1.09 bits per heavy atom. The van der Waals surface area contributed by atoms with Crippen molar-refractivity contribution in [1.29, 1.82) is 0 Å². The fraction of sp³-hybridized carbons (Fsp3) is 0.562. The minimum Gasteiger partial charge on any atom is -0.381 e. The van der Waals surface area contributed by atoms with E-state index in [-0.39, 0.29) is 0 Å². The second-order valence-corrected chi connectivity index (χ2v) is 5.78. The molecule has 0 unspecified atom stereocenters. The summed E-state index contributed by atoms with van der Waals surface area (Å²) < 4.78 is 12.9. The van der Waals surface area contributed by atoms with Gasteiger partial charge in [0.1, 0.15) is 5.82 Å². The van der Waals surface area contributed by atoms with Crippen LogP contribution in [0.4, 0.5) is 5.82 Å². The number of nitrogens with zero attached hydrogens (tertiary/aromatic N) is 5. The van der Waals surface area contributed by atoms with E-state index in [4.69, 9.17) is 15.9 Å². The number of hydrogen-bond acceptors (Lipinski definition) is 6. The largest absolute Gasteiger partial charge is 0.381 e. The minimum atomic E-state index is 0.305. The van der Waals surface area contributed by atoms with Crippen molar-refractivity contribution in [3.63, 3.8) is 0 Å². The number of ether oxygens (including phenoxy) is 2. The maximum absolute atomic E-state index is 5.57. The van der Waals surface area contributed by atoms with Gasteiger partial charge in [0, 0.05) is 26.3 Å². The molecule has 4 heterocycles. The summed E-state index contributed by atoms with van der Waals surface area (Å²) >= 11 is 0. The zero-order chi connectivity index (χ0) is 15.6.